The van der Waals surface area contributed by atoms with Crippen molar-refractivity contribution in [1.82, 2.24) is 9.78 Å². The molecule has 0 aliphatic carbocycles. The lowest BCUT2D eigenvalue weighted by molar-refractivity contribution is 0.381. The van der Waals surface area contributed by atoms with Crippen LogP contribution >= 0.6 is 0 Å². The maximum absolute atomic E-state index is 13.4. The molecule has 0 spiro atoms. The molecule has 1 heterocycles. The molecule has 4 heteroatoms. The normalized spacial score (nSPS) is 10.1. The number of nitrogens with zero attached hydrogens (tertiary/aromatic N) is 2. The summed E-state index contributed by atoms with van der Waals surface area (Å²) in [4.78, 5) is 0. The van der Waals surface area contributed by atoms with Crippen LogP contribution in [0.1, 0.15) is 0 Å². The predicted molar refractivity (Wildman–Crippen MR) is 50.1 cm³/mol. The van der Waals surface area contributed by atoms with E-state index < -0.39 is 0 Å². The Kier molecular flexibility index (Phi) is 2.18. The molecule has 2 rings (SSSR count). The molecule has 0 N–H and O–H groups in total. The summed E-state index contributed by atoms with van der Waals surface area (Å²) in [5.74, 6) is 0.185. The zero-order valence-electron chi connectivity index (χ0n) is 7.64. The first-order chi connectivity index (χ1) is 6.83. The van der Waals surface area contributed by atoms with Crippen molar-refractivity contribution in [2.24, 2.45) is 0 Å². The lowest BCUT2D eigenvalue weighted by Gasteiger charge is -2.06. The summed E-state index contributed by atoms with van der Waals surface area (Å²) in [6, 6.07) is 8.09. The van der Waals surface area contributed by atoms with Crippen LogP contribution in [0.2, 0.25) is 0 Å². The van der Waals surface area contributed by atoms with Crippen molar-refractivity contribution in [2.45, 2.75) is 0 Å². The molecule has 1 aromatic carbocycles. The van der Waals surface area contributed by atoms with E-state index in [0.717, 1.165) is 0 Å². The minimum Gasteiger partial charge on any atom is -0.481 e. The Morgan fingerprint density at radius 1 is 1.29 bits per heavy atom. The Morgan fingerprint density at radius 2 is 2.07 bits per heavy atom. The van der Waals surface area contributed by atoms with E-state index >= 15 is 0 Å². The molecule has 3 nitrogen and oxygen atoms in total. The van der Waals surface area contributed by atoms with Gasteiger partial charge < -0.3 is 4.74 Å². The first kappa shape index (κ1) is 8.74. The molecule has 0 unspecified atom stereocenters. The van der Waals surface area contributed by atoms with E-state index in [1.165, 1.54) is 17.9 Å². The van der Waals surface area contributed by atoms with Crippen LogP contribution in [-0.4, -0.2) is 16.9 Å². The third-order valence-corrected chi connectivity index (χ3v) is 1.90. The average molecular weight is 192 g/mol. The van der Waals surface area contributed by atoms with Gasteiger partial charge in [0.1, 0.15) is 11.5 Å². The van der Waals surface area contributed by atoms with E-state index in [1.54, 1.807) is 30.5 Å². The molecule has 14 heavy (non-hydrogen) atoms. The summed E-state index contributed by atoms with van der Waals surface area (Å²) in [5.41, 5.74) is 0.384. The largest absolute Gasteiger partial charge is 0.481 e. The van der Waals surface area contributed by atoms with Crippen molar-refractivity contribution in [3.63, 3.8) is 0 Å². The molecule has 0 atom stereocenters. The Hall–Kier alpha value is -1.84. The molecule has 2 aromatic rings. The standard InChI is InChI=1S/C10H9FN2O/c1-14-10-6-7-12-13(10)9-5-3-2-4-8(9)11/h2-7H,1H3. The zero-order valence-corrected chi connectivity index (χ0v) is 7.64. The van der Waals surface area contributed by atoms with Gasteiger partial charge in [-0.1, -0.05) is 12.1 Å². The monoisotopic (exact) mass is 192 g/mol. The Bertz CT molecular complexity index is 439. The van der Waals surface area contributed by atoms with Crippen LogP contribution < -0.4 is 4.74 Å². The van der Waals surface area contributed by atoms with E-state index in [9.17, 15) is 4.39 Å². The van der Waals surface area contributed by atoms with Gasteiger partial charge in [-0.2, -0.15) is 9.78 Å². The van der Waals surface area contributed by atoms with Gasteiger partial charge in [0, 0.05) is 6.07 Å². The van der Waals surface area contributed by atoms with Crippen LogP contribution in [0.4, 0.5) is 4.39 Å². The second-order valence-corrected chi connectivity index (χ2v) is 2.74. The second kappa shape index (κ2) is 3.49. The Balaban J connectivity index is 2.54. The third-order valence-electron chi connectivity index (χ3n) is 1.90. The Labute approximate surface area is 80.7 Å². The van der Waals surface area contributed by atoms with Gasteiger partial charge in [0.05, 0.1) is 13.3 Å². The molecule has 0 saturated carbocycles. The first-order valence-corrected chi connectivity index (χ1v) is 4.16. The van der Waals surface area contributed by atoms with Crippen LogP contribution in [0.3, 0.4) is 0 Å². The molecule has 0 radical (unpaired) electrons. The molecular formula is C10H9FN2O. The van der Waals surface area contributed by atoms with E-state index in [0.29, 0.717) is 11.6 Å². The van der Waals surface area contributed by atoms with Crippen molar-refractivity contribution < 1.29 is 9.13 Å². The summed E-state index contributed by atoms with van der Waals surface area (Å²) in [6.45, 7) is 0. The van der Waals surface area contributed by atoms with Gasteiger partial charge in [0.15, 0.2) is 0 Å². The number of halogens is 1. The molecule has 0 saturated heterocycles. The zero-order chi connectivity index (χ0) is 9.97. The SMILES string of the molecule is COc1ccnn1-c1ccccc1F. The van der Waals surface area contributed by atoms with Gasteiger partial charge in [-0.15, -0.1) is 0 Å². The van der Waals surface area contributed by atoms with E-state index in [4.69, 9.17) is 4.74 Å². The number of methoxy groups -OCH3 is 1. The van der Waals surface area contributed by atoms with Crippen molar-refractivity contribution in [3.8, 4) is 11.6 Å². The lowest BCUT2D eigenvalue weighted by atomic mass is 10.3. The van der Waals surface area contributed by atoms with Gasteiger partial charge in [-0.05, 0) is 12.1 Å². The van der Waals surface area contributed by atoms with Crippen LogP contribution in [0.5, 0.6) is 5.88 Å². The molecular weight excluding hydrogens is 183 g/mol. The minimum atomic E-state index is -0.325. The number of aromatic nitrogens is 2. The smallest absolute Gasteiger partial charge is 0.216 e. The highest BCUT2D eigenvalue weighted by atomic mass is 19.1. The summed E-state index contributed by atoms with van der Waals surface area (Å²) in [7, 11) is 1.52. The minimum absolute atomic E-state index is 0.325. The molecule has 1 aromatic heterocycles. The maximum Gasteiger partial charge on any atom is 0.216 e. The van der Waals surface area contributed by atoms with Crippen molar-refractivity contribution in [2.75, 3.05) is 7.11 Å². The van der Waals surface area contributed by atoms with Crippen molar-refractivity contribution in [3.05, 3.63) is 42.3 Å². The van der Waals surface area contributed by atoms with E-state index in [1.807, 2.05) is 0 Å². The summed E-state index contributed by atoms with van der Waals surface area (Å²) in [6.07, 6.45) is 1.56. The number of ether oxygens (including phenoxy) is 1. The molecule has 0 bridgehead atoms. The van der Waals surface area contributed by atoms with Gasteiger partial charge >= 0.3 is 0 Å². The van der Waals surface area contributed by atoms with Crippen LogP contribution in [0.15, 0.2) is 36.5 Å². The molecule has 0 fully saturated rings. The quantitative estimate of drug-likeness (QED) is 0.727. The average Bonchev–Trinajstić information content (AvgIpc) is 2.66. The van der Waals surface area contributed by atoms with E-state index in [-0.39, 0.29) is 5.82 Å². The van der Waals surface area contributed by atoms with Crippen LogP contribution in [-0.2, 0) is 0 Å². The van der Waals surface area contributed by atoms with Crippen LogP contribution in [0, 0.1) is 5.82 Å². The summed E-state index contributed by atoms with van der Waals surface area (Å²) >= 11 is 0. The highest BCUT2D eigenvalue weighted by Crippen LogP contribution is 2.18. The number of benzene rings is 1. The highest BCUT2D eigenvalue weighted by molar-refractivity contribution is 5.35. The summed E-state index contributed by atoms with van der Waals surface area (Å²) in [5, 5.41) is 3.97. The topological polar surface area (TPSA) is 27.1 Å². The lowest BCUT2D eigenvalue weighted by Crippen LogP contribution is -2.01. The molecule has 0 aliphatic rings. The molecule has 72 valence electrons. The van der Waals surface area contributed by atoms with Crippen molar-refractivity contribution >= 4 is 0 Å². The van der Waals surface area contributed by atoms with Gasteiger partial charge in [-0.25, -0.2) is 4.39 Å². The summed E-state index contributed by atoms with van der Waals surface area (Å²) < 4.78 is 19.8. The maximum atomic E-state index is 13.4. The molecule has 0 aliphatic heterocycles. The van der Waals surface area contributed by atoms with Gasteiger partial charge in [-0.3, -0.25) is 0 Å². The molecule has 0 amide bonds. The number of hydrogen-bond donors (Lipinski definition) is 0. The second-order valence-electron chi connectivity index (χ2n) is 2.74. The predicted octanol–water partition coefficient (Wildman–Crippen LogP) is 2.02. The third kappa shape index (κ3) is 1.35. The number of hydrogen-bond acceptors (Lipinski definition) is 2. The highest BCUT2D eigenvalue weighted by Gasteiger charge is 2.08. The fourth-order valence-electron chi connectivity index (χ4n) is 1.25. The van der Waals surface area contributed by atoms with Gasteiger partial charge in [0.25, 0.3) is 0 Å². The van der Waals surface area contributed by atoms with Crippen molar-refractivity contribution in [1.29, 1.82) is 0 Å². The number of para-hydroxylation sites is 1. The van der Waals surface area contributed by atoms with E-state index in [2.05, 4.69) is 5.10 Å². The first-order valence-electron chi connectivity index (χ1n) is 4.16. The fourth-order valence-corrected chi connectivity index (χ4v) is 1.25. The fraction of sp³-hybridized carbons (Fsp3) is 0.100. The van der Waals surface area contributed by atoms with Crippen LogP contribution in [0.25, 0.3) is 5.69 Å². The Morgan fingerprint density at radius 3 is 2.79 bits per heavy atom. The number of rotatable bonds is 2. The van der Waals surface area contributed by atoms with Gasteiger partial charge in [0.2, 0.25) is 5.88 Å².